The Hall–Kier alpha value is -3.19. The van der Waals surface area contributed by atoms with Gasteiger partial charge in [0.15, 0.2) is 0 Å². The third-order valence-corrected chi connectivity index (χ3v) is 4.74. The highest BCUT2D eigenvalue weighted by Gasteiger charge is 2.51. The van der Waals surface area contributed by atoms with E-state index in [2.05, 4.69) is 4.28 Å². The van der Waals surface area contributed by atoms with E-state index in [0.29, 0.717) is 0 Å². The van der Waals surface area contributed by atoms with Crippen molar-refractivity contribution in [2.75, 3.05) is 0 Å². The fourth-order valence-electron chi connectivity index (χ4n) is 2.69. The van der Waals surface area contributed by atoms with Gasteiger partial charge in [-0.1, -0.05) is 12.1 Å². The van der Waals surface area contributed by atoms with E-state index in [1.165, 1.54) is 24.3 Å². The zero-order chi connectivity index (χ0) is 23.4. The van der Waals surface area contributed by atoms with Crippen molar-refractivity contribution < 1.29 is 49.7 Å². The summed E-state index contributed by atoms with van der Waals surface area (Å²) in [6.45, 7) is 4.74. The van der Waals surface area contributed by atoms with Crippen LogP contribution in [-0.2, 0) is 19.1 Å². The lowest BCUT2D eigenvalue weighted by molar-refractivity contribution is -0.0761. The first-order valence-corrected chi connectivity index (χ1v) is 9.89. The fraction of sp³-hybridized carbons (Fsp3) is 0.278. The normalized spacial score (nSPS) is 14.7. The summed E-state index contributed by atoms with van der Waals surface area (Å²) >= 11 is 0. The molecule has 1 aliphatic heterocycles. The van der Waals surface area contributed by atoms with Crippen molar-refractivity contribution in [3.05, 3.63) is 41.5 Å². The topological polar surface area (TPSA) is 116 Å². The van der Waals surface area contributed by atoms with Gasteiger partial charge in [0, 0.05) is 5.39 Å². The van der Waals surface area contributed by atoms with Gasteiger partial charge in [-0.3, -0.25) is 9.59 Å². The van der Waals surface area contributed by atoms with Gasteiger partial charge in [-0.15, -0.1) is 9.35 Å². The Labute approximate surface area is 173 Å². The molecule has 1 heterocycles. The number of benzene rings is 2. The molecular weight excluding hydrogens is 447 g/mol. The van der Waals surface area contributed by atoms with Crippen LogP contribution in [0.15, 0.2) is 30.3 Å². The van der Waals surface area contributed by atoms with E-state index in [9.17, 15) is 36.0 Å². The first-order chi connectivity index (χ1) is 14.1. The van der Waals surface area contributed by atoms with Crippen LogP contribution < -0.4 is 4.74 Å². The zero-order valence-corrected chi connectivity index (χ0v) is 17.0. The van der Waals surface area contributed by atoms with Gasteiger partial charge in [-0.25, -0.2) is 4.79 Å². The van der Waals surface area contributed by atoms with Gasteiger partial charge in [0.05, 0.1) is 11.1 Å². The van der Waals surface area contributed by atoms with Gasteiger partial charge in [0.1, 0.15) is 11.4 Å². The van der Waals surface area contributed by atoms with Crippen LogP contribution in [0.1, 0.15) is 41.5 Å². The average molecular weight is 461 g/mol. The predicted octanol–water partition coefficient (Wildman–Crippen LogP) is 3.53. The number of carbonyl (C=O) groups is 3. The van der Waals surface area contributed by atoms with Crippen LogP contribution in [-0.4, -0.2) is 42.6 Å². The number of nitrogens with zero attached hydrogens (tertiary/aromatic N) is 1. The minimum absolute atomic E-state index is 0.0262. The van der Waals surface area contributed by atoms with E-state index >= 15 is 0 Å². The van der Waals surface area contributed by atoms with Crippen LogP contribution in [0.5, 0.6) is 5.75 Å². The summed E-state index contributed by atoms with van der Waals surface area (Å²) in [7, 11) is -6.31. The van der Waals surface area contributed by atoms with Gasteiger partial charge >= 0.3 is 21.8 Å². The molecule has 0 aromatic heterocycles. The predicted molar refractivity (Wildman–Crippen MR) is 97.4 cm³/mol. The third-order valence-electron chi connectivity index (χ3n) is 3.83. The van der Waals surface area contributed by atoms with Crippen molar-refractivity contribution in [1.29, 1.82) is 0 Å². The van der Waals surface area contributed by atoms with Gasteiger partial charge < -0.3 is 9.47 Å². The van der Waals surface area contributed by atoms with Crippen molar-refractivity contribution in [2.45, 2.75) is 31.9 Å². The molecule has 0 atom stereocenters. The van der Waals surface area contributed by atoms with Crippen LogP contribution in [0.4, 0.5) is 18.0 Å². The lowest BCUT2D eigenvalue weighted by atomic mass is 9.95. The number of imide groups is 1. The number of hydrogen-bond acceptors (Lipinski definition) is 8. The number of amides is 2. The molecule has 2 amide bonds. The SMILES string of the molecule is CC(C)(C)OC(=O)Oc1cc2c3c(cccc3c1)C(=O)N(OS(=O)(=O)C(F)(F)F)C2=O. The number of carbonyl (C=O) groups excluding carboxylic acids is 3. The number of halogens is 3. The molecule has 2 aromatic rings. The van der Waals surface area contributed by atoms with Gasteiger partial charge in [0.25, 0.3) is 11.8 Å². The Kier molecular flexibility index (Phi) is 5.22. The first-order valence-electron chi connectivity index (χ1n) is 8.48. The summed E-state index contributed by atoms with van der Waals surface area (Å²) in [5.41, 5.74) is -7.47. The van der Waals surface area contributed by atoms with Crippen LogP contribution in [0.2, 0.25) is 0 Å². The van der Waals surface area contributed by atoms with Crippen LogP contribution >= 0.6 is 0 Å². The molecule has 0 saturated carbocycles. The third kappa shape index (κ3) is 4.32. The minimum atomic E-state index is -6.31. The standard InChI is InChI=1S/C18H14F3NO8S/c1-17(2,3)29-16(25)28-10-7-9-5-4-6-11-13(9)12(8-10)15(24)22(14(11)23)30-31(26,27)18(19,20)21/h4-8H,1-3H3. The summed E-state index contributed by atoms with van der Waals surface area (Å²) in [5, 5.41) is -0.246. The van der Waals surface area contributed by atoms with E-state index in [1.54, 1.807) is 20.8 Å². The molecule has 0 spiro atoms. The van der Waals surface area contributed by atoms with Crippen molar-refractivity contribution in [3.63, 3.8) is 0 Å². The average Bonchev–Trinajstić information content (AvgIpc) is 2.60. The molecule has 0 radical (unpaired) electrons. The lowest BCUT2D eigenvalue weighted by Gasteiger charge is -2.26. The molecule has 0 bridgehead atoms. The van der Waals surface area contributed by atoms with Crippen molar-refractivity contribution in [1.82, 2.24) is 5.06 Å². The van der Waals surface area contributed by atoms with Gasteiger partial charge in [-0.05, 0) is 44.4 Å². The van der Waals surface area contributed by atoms with Crippen molar-refractivity contribution in [3.8, 4) is 5.75 Å². The molecule has 0 N–H and O–H groups in total. The smallest absolute Gasteiger partial charge is 0.428 e. The van der Waals surface area contributed by atoms with E-state index < -0.39 is 49.8 Å². The highest BCUT2D eigenvalue weighted by molar-refractivity contribution is 7.87. The molecule has 0 saturated heterocycles. The molecule has 31 heavy (non-hydrogen) atoms. The van der Waals surface area contributed by atoms with E-state index in [4.69, 9.17) is 9.47 Å². The second kappa shape index (κ2) is 7.20. The second-order valence-electron chi connectivity index (χ2n) is 7.32. The Bertz CT molecular complexity index is 1210. The van der Waals surface area contributed by atoms with Crippen LogP contribution in [0, 0.1) is 0 Å². The maximum Gasteiger partial charge on any atom is 0.525 e. The minimum Gasteiger partial charge on any atom is -0.428 e. The number of alkyl halides is 3. The Morgan fingerprint density at radius 1 is 1.00 bits per heavy atom. The van der Waals surface area contributed by atoms with Crippen molar-refractivity contribution >= 4 is 38.9 Å². The highest BCUT2D eigenvalue weighted by Crippen LogP contribution is 2.35. The molecule has 1 aliphatic rings. The monoisotopic (exact) mass is 461 g/mol. The molecule has 9 nitrogen and oxygen atoms in total. The molecule has 0 fully saturated rings. The molecule has 0 aliphatic carbocycles. The van der Waals surface area contributed by atoms with E-state index in [0.717, 1.165) is 6.07 Å². The summed E-state index contributed by atoms with van der Waals surface area (Å²) < 4.78 is 74.5. The fourth-order valence-corrected chi connectivity index (χ4v) is 3.11. The van der Waals surface area contributed by atoms with Gasteiger partial charge in [0.2, 0.25) is 0 Å². The maximum absolute atomic E-state index is 12.7. The molecule has 166 valence electrons. The summed E-state index contributed by atoms with van der Waals surface area (Å²) in [6, 6.07) is 6.22. The second-order valence-corrected chi connectivity index (χ2v) is 8.84. The molecule has 2 aromatic carbocycles. The summed E-state index contributed by atoms with van der Waals surface area (Å²) in [4.78, 5) is 37.1. The summed E-state index contributed by atoms with van der Waals surface area (Å²) in [6.07, 6.45) is -1.12. The molecule has 0 unspecified atom stereocenters. The molecule has 3 rings (SSSR count). The number of hydrogen-bond donors (Lipinski definition) is 0. The van der Waals surface area contributed by atoms with Crippen molar-refractivity contribution in [2.24, 2.45) is 0 Å². The number of rotatable bonds is 3. The largest absolute Gasteiger partial charge is 0.525 e. The maximum atomic E-state index is 12.7. The van der Waals surface area contributed by atoms with Gasteiger partial charge in [-0.2, -0.15) is 21.6 Å². The Morgan fingerprint density at radius 3 is 2.19 bits per heavy atom. The quantitative estimate of drug-likeness (QED) is 0.295. The van der Waals surface area contributed by atoms with Crippen LogP contribution in [0.3, 0.4) is 0 Å². The van der Waals surface area contributed by atoms with E-state index in [-0.39, 0.29) is 22.1 Å². The summed E-state index contributed by atoms with van der Waals surface area (Å²) in [5.74, 6) is -3.12. The highest BCUT2D eigenvalue weighted by atomic mass is 32.2. The Balaban J connectivity index is 2.07. The van der Waals surface area contributed by atoms with Crippen LogP contribution in [0.25, 0.3) is 10.8 Å². The molecule has 13 heteroatoms. The Morgan fingerprint density at radius 2 is 1.61 bits per heavy atom. The van der Waals surface area contributed by atoms with E-state index in [1.807, 2.05) is 0 Å². The lowest BCUT2D eigenvalue weighted by Crippen LogP contribution is -2.44. The molecular formula is C18H14F3NO8S. The number of hydroxylamine groups is 2. The first kappa shape index (κ1) is 22.5. The zero-order valence-electron chi connectivity index (χ0n) is 16.1. The number of ether oxygens (including phenoxy) is 2.